The summed E-state index contributed by atoms with van der Waals surface area (Å²) in [7, 11) is 0. The summed E-state index contributed by atoms with van der Waals surface area (Å²) in [5.74, 6) is -1.29. The number of benzene rings is 1. The summed E-state index contributed by atoms with van der Waals surface area (Å²) < 4.78 is 0. The van der Waals surface area contributed by atoms with Crippen molar-refractivity contribution >= 4 is 46.4 Å². The molecular weight excluding hydrogens is 335 g/mol. The van der Waals surface area contributed by atoms with Crippen LogP contribution >= 0.6 is 34.5 Å². The van der Waals surface area contributed by atoms with Crippen LogP contribution in [-0.4, -0.2) is 22.0 Å². The molecule has 2 aromatic rings. The van der Waals surface area contributed by atoms with Gasteiger partial charge in [-0.05, 0) is 17.7 Å². The summed E-state index contributed by atoms with van der Waals surface area (Å²) in [5.41, 5.74) is 0.723. The van der Waals surface area contributed by atoms with Gasteiger partial charge in [-0.25, -0.2) is 9.78 Å². The van der Waals surface area contributed by atoms with Gasteiger partial charge in [0.25, 0.3) is 0 Å². The molecule has 8 heteroatoms. The standard InChI is InChI=1S/C13H10Cl2N2O3S/c14-8-2-1-7(3-9(8)15)4-11(18)16-5-12-17-10(6-21-12)13(19)20/h1-3,6H,4-5H2,(H,16,18)(H,19,20). The molecule has 5 nitrogen and oxygen atoms in total. The van der Waals surface area contributed by atoms with E-state index in [1.807, 2.05) is 0 Å². The van der Waals surface area contributed by atoms with E-state index in [9.17, 15) is 9.59 Å². The van der Waals surface area contributed by atoms with E-state index in [0.717, 1.165) is 5.56 Å². The topological polar surface area (TPSA) is 79.3 Å². The Hall–Kier alpha value is -1.63. The van der Waals surface area contributed by atoms with Crippen LogP contribution in [0.5, 0.6) is 0 Å². The molecule has 1 aromatic heterocycles. The lowest BCUT2D eigenvalue weighted by Gasteiger charge is -2.04. The molecule has 1 aromatic carbocycles. The first-order valence-corrected chi connectivity index (χ1v) is 7.47. The molecule has 0 radical (unpaired) electrons. The maximum Gasteiger partial charge on any atom is 0.355 e. The largest absolute Gasteiger partial charge is 0.476 e. The average molecular weight is 345 g/mol. The van der Waals surface area contributed by atoms with Crippen LogP contribution in [0.1, 0.15) is 21.1 Å². The van der Waals surface area contributed by atoms with E-state index in [0.29, 0.717) is 15.1 Å². The Morgan fingerprint density at radius 2 is 2.05 bits per heavy atom. The van der Waals surface area contributed by atoms with Gasteiger partial charge in [0.05, 0.1) is 23.0 Å². The summed E-state index contributed by atoms with van der Waals surface area (Å²) in [6.07, 6.45) is 0.161. The van der Waals surface area contributed by atoms with E-state index in [1.165, 1.54) is 16.7 Å². The van der Waals surface area contributed by atoms with Crippen molar-refractivity contribution in [1.29, 1.82) is 0 Å². The molecule has 0 spiro atoms. The van der Waals surface area contributed by atoms with Gasteiger partial charge < -0.3 is 10.4 Å². The number of carboxylic acid groups (broad SMARTS) is 1. The molecule has 1 heterocycles. The highest BCUT2D eigenvalue weighted by Gasteiger charge is 2.10. The molecule has 0 atom stereocenters. The number of thiazole rings is 1. The van der Waals surface area contributed by atoms with Crippen molar-refractivity contribution in [2.24, 2.45) is 0 Å². The molecule has 1 amide bonds. The SMILES string of the molecule is O=C(Cc1ccc(Cl)c(Cl)c1)NCc1nc(C(=O)O)cs1. The lowest BCUT2D eigenvalue weighted by atomic mass is 10.1. The minimum Gasteiger partial charge on any atom is -0.476 e. The summed E-state index contributed by atoms with van der Waals surface area (Å²) in [4.78, 5) is 26.4. The second-order valence-corrected chi connectivity index (χ2v) is 5.89. The number of rotatable bonds is 5. The number of hydrogen-bond donors (Lipinski definition) is 2. The van der Waals surface area contributed by atoms with Crippen molar-refractivity contribution in [3.8, 4) is 0 Å². The summed E-state index contributed by atoms with van der Waals surface area (Å²) >= 11 is 12.9. The first kappa shape index (κ1) is 15.8. The van der Waals surface area contributed by atoms with Gasteiger partial charge in [-0.3, -0.25) is 4.79 Å². The number of carbonyl (C=O) groups is 2. The number of carboxylic acids is 1. The fraction of sp³-hybridized carbons (Fsp3) is 0.154. The molecule has 0 saturated heterocycles. The third-order valence-corrected chi connectivity index (χ3v) is 4.14. The molecule has 0 aliphatic rings. The molecule has 0 unspecified atom stereocenters. The fourth-order valence-electron chi connectivity index (χ4n) is 1.56. The second-order valence-electron chi connectivity index (χ2n) is 4.13. The Morgan fingerprint density at radius 3 is 2.67 bits per heavy atom. The van der Waals surface area contributed by atoms with Crippen molar-refractivity contribution in [3.05, 3.63) is 49.9 Å². The Morgan fingerprint density at radius 1 is 1.29 bits per heavy atom. The van der Waals surface area contributed by atoms with Crippen molar-refractivity contribution in [1.82, 2.24) is 10.3 Å². The summed E-state index contributed by atoms with van der Waals surface area (Å²) in [6.45, 7) is 0.193. The van der Waals surface area contributed by atoms with Gasteiger partial charge in [-0.1, -0.05) is 29.3 Å². The number of carbonyl (C=O) groups excluding carboxylic acids is 1. The smallest absolute Gasteiger partial charge is 0.355 e. The predicted molar refractivity (Wildman–Crippen MR) is 81.1 cm³/mol. The summed E-state index contributed by atoms with van der Waals surface area (Å²) in [5, 5.41) is 14.2. The molecule has 0 aliphatic carbocycles. The first-order valence-electron chi connectivity index (χ1n) is 5.84. The number of nitrogens with one attached hydrogen (secondary N) is 1. The minimum absolute atomic E-state index is 0.0197. The zero-order valence-corrected chi connectivity index (χ0v) is 12.9. The van der Waals surface area contributed by atoms with E-state index in [-0.39, 0.29) is 24.6 Å². The molecular formula is C13H10Cl2N2O3S. The lowest BCUT2D eigenvalue weighted by Crippen LogP contribution is -2.24. The van der Waals surface area contributed by atoms with Crippen LogP contribution in [0, 0.1) is 0 Å². The van der Waals surface area contributed by atoms with E-state index in [1.54, 1.807) is 18.2 Å². The molecule has 2 N–H and O–H groups in total. The van der Waals surface area contributed by atoms with E-state index in [4.69, 9.17) is 28.3 Å². The Kier molecular flexibility index (Phi) is 5.17. The van der Waals surface area contributed by atoms with E-state index < -0.39 is 5.97 Å². The third-order valence-electron chi connectivity index (χ3n) is 2.56. The van der Waals surface area contributed by atoms with Gasteiger partial charge in [0.1, 0.15) is 5.01 Å². The van der Waals surface area contributed by atoms with Crippen molar-refractivity contribution in [2.75, 3.05) is 0 Å². The van der Waals surface area contributed by atoms with Gasteiger partial charge >= 0.3 is 5.97 Å². The van der Waals surface area contributed by atoms with Crippen LogP contribution in [0.3, 0.4) is 0 Å². The van der Waals surface area contributed by atoms with E-state index in [2.05, 4.69) is 10.3 Å². The van der Waals surface area contributed by atoms with Gasteiger partial charge in [-0.2, -0.15) is 0 Å². The Balaban J connectivity index is 1.89. The minimum atomic E-state index is -1.08. The zero-order chi connectivity index (χ0) is 15.4. The van der Waals surface area contributed by atoms with Crippen LogP contribution in [0.2, 0.25) is 10.0 Å². The van der Waals surface area contributed by atoms with Gasteiger partial charge in [-0.15, -0.1) is 11.3 Å². The highest BCUT2D eigenvalue weighted by Crippen LogP contribution is 2.22. The summed E-state index contributed by atoms with van der Waals surface area (Å²) in [6, 6.07) is 4.99. The Bertz CT molecular complexity index is 688. The molecule has 0 aliphatic heterocycles. The highest BCUT2D eigenvalue weighted by molar-refractivity contribution is 7.09. The van der Waals surface area contributed by atoms with Gasteiger partial charge in [0.2, 0.25) is 5.91 Å². The van der Waals surface area contributed by atoms with Gasteiger partial charge in [0, 0.05) is 5.38 Å². The monoisotopic (exact) mass is 344 g/mol. The van der Waals surface area contributed by atoms with Crippen LogP contribution in [0.25, 0.3) is 0 Å². The fourth-order valence-corrected chi connectivity index (χ4v) is 2.59. The van der Waals surface area contributed by atoms with Gasteiger partial charge in [0.15, 0.2) is 5.69 Å². The number of halogens is 2. The van der Waals surface area contributed by atoms with Crippen LogP contribution in [0.4, 0.5) is 0 Å². The van der Waals surface area contributed by atoms with Crippen molar-refractivity contribution in [3.63, 3.8) is 0 Å². The number of hydrogen-bond acceptors (Lipinski definition) is 4. The molecule has 21 heavy (non-hydrogen) atoms. The van der Waals surface area contributed by atoms with Crippen LogP contribution in [-0.2, 0) is 17.8 Å². The van der Waals surface area contributed by atoms with Crippen molar-refractivity contribution in [2.45, 2.75) is 13.0 Å². The normalized spacial score (nSPS) is 10.4. The lowest BCUT2D eigenvalue weighted by molar-refractivity contribution is -0.120. The molecule has 110 valence electrons. The number of amides is 1. The molecule has 2 rings (SSSR count). The van der Waals surface area contributed by atoms with Crippen molar-refractivity contribution < 1.29 is 14.7 Å². The quantitative estimate of drug-likeness (QED) is 0.873. The molecule has 0 fully saturated rings. The maximum absolute atomic E-state index is 11.8. The second kappa shape index (κ2) is 6.89. The third kappa shape index (κ3) is 4.42. The number of nitrogens with zero attached hydrogens (tertiary/aromatic N) is 1. The zero-order valence-electron chi connectivity index (χ0n) is 10.6. The molecule has 0 bridgehead atoms. The average Bonchev–Trinajstić information content (AvgIpc) is 2.90. The van der Waals surface area contributed by atoms with Crippen LogP contribution in [0.15, 0.2) is 23.6 Å². The molecule has 0 saturated carbocycles. The maximum atomic E-state index is 11.8. The number of aromatic nitrogens is 1. The first-order chi connectivity index (χ1) is 9.95. The Labute approximate surface area is 134 Å². The van der Waals surface area contributed by atoms with Crippen LogP contribution < -0.4 is 5.32 Å². The highest BCUT2D eigenvalue weighted by atomic mass is 35.5. The number of aromatic carboxylic acids is 1. The predicted octanol–water partition coefficient (Wildman–Crippen LogP) is 3.01. The van der Waals surface area contributed by atoms with E-state index >= 15 is 0 Å².